The van der Waals surface area contributed by atoms with E-state index in [0.717, 1.165) is 37.0 Å². The number of hydrogen-bond donors (Lipinski definition) is 0. The first kappa shape index (κ1) is 19.1. The molecule has 138 valence electrons. The average molecular weight is 348 g/mol. The second kappa shape index (κ2) is 7.74. The lowest BCUT2D eigenvalue weighted by atomic mass is 9.84. The van der Waals surface area contributed by atoms with E-state index in [1.165, 1.54) is 0 Å². The van der Waals surface area contributed by atoms with Crippen molar-refractivity contribution in [3.8, 4) is 0 Å². The molecule has 2 aliphatic heterocycles. The van der Waals surface area contributed by atoms with Crippen molar-refractivity contribution < 1.29 is 22.8 Å². The lowest BCUT2D eigenvalue weighted by molar-refractivity contribution is -0.187. The zero-order valence-corrected chi connectivity index (χ0v) is 14.4. The van der Waals surface area contributed by atoms with Crippen molar-refractivity contribution in [1.82, 2.24) is 9.80 Å². The number of carbonyl (C=O) groups excluding carboxylic acids is 2. The molecule has 0 spiro atoms. The van der Waals surface area contributed by atoms with Gasteiger partial charge in [-0.2, -0.15) is 13.2 Å². The molecular formula is C17H27F3N2O2. The van der Waals surface area contributed by atoms with Gasteiger partial charge >= 0.3 is 12.1 Å². The Morgan fingerprint density at radius 2 is 1.83 bits per heavy atom. The molecule has 4 nitrogen and oxygen atoms in total. The molecule has 0 aromatic rings. The fraction of sp³-hybridized carbons (Fsp3) is 0.882. The van der Waals surface area contributed by atoms with Crippen LogP contribution in [-0.4, -0.2) is 53.5 Å². The van der Waals surface area contributed by atoms with Crippen molar-refractivity contribution in [1.29, 1.82) is 0 Å². The first-order valence-corrected chi connectivity index (χ1v) is 8.92. The highest BCUT2D eigenvalue weighted by Crippen LogP contribution is 2.32. The number of amides is 2. The van der Waals surface area contributed by atoms with Crippen LogP contribution >= 0.6 is 0 Å². The molecule has 0 radical (unpaired) electrons. The van der Waals surface area contributed by atoms with Crippen LogP contribution in [0.25, 0.3) is 0 Å². The Hall–Kier alpha value is -1.27. The summed E-state index contributed by atoms with van der Waals surface area (Å²) >= 11 is 0. The highest BCUT2D eigenvalue weighted by molar-refractivity contribution is 5.82. The predicted molar refractivity (Wildman–Crippen MR) is 84.2 cm³/mol. The van der Waals surface area contributed by atoms with Crippen LogP contribution < -0.4 is 0 Å². The molecule has 0 bridgehead atoms. The van der Waals surface area contributed by atoms with Gasteiger partial charge < -0.3 is 9.80 Å². The van der Waals surface area contributed by atoms with E-state index in [0.29, 0.717) is 13.0 Å². The van der Waals surface area contributed by atoms with Crippen LogP contribution in [0, 0.1) is 11.8 Å². The Kier molecular flexibility index (Phi) is 6.15. The zero-order valence-electron chi connectivity index (χ0n) is 14.4. The minimum atomic E-state index is -4.82. The van der Waals surface area contributed by atoms with Crippen molar-refractivity contribution in [2.24, 2.45) is 11.8 Å². The number of hydrogen-bond acceptors (Lipinski definition) is 2. The lowest BCUT2D eigenvalue weighted by Crippen LogP contribution is -2.55. The average Bonchev–Trinajstić information content (AvgIpc) is 2.59. The molecule has 2 heterocycles. The van der Waals surface area contributed by atoms with E-state index in [2.05, 4.69) is 0 Å². The SMILES string of the molecule is CCC(C)C(=O)N1CCCCC1C1CCCN(C(=O)C(F)(F)F)C1. The molecule has 2 fully saturated rings. The smallest absolute Gasteiger partial charge is 0.339 e. The third-order valence-electron chi connectivity index (χ3n) is 5.40. The summed E-state index contributed by atoms with van der Waals surface area (Å²) < 4.78 is 38.1. The summed E-state index contributed by atoms with van der Waals surface area (Å²) in [6, 6.07) is -0.0379. The van der Waals surface area contributed by atoms with E-state index < -0.39 is 12.1 Å². The molecule has 2 aliphatic rings. The van der Waals surface area contributed by atoms with Crippen molar-refractivity contribution in [2.75, 3.05) is 19.6 Å². The number of alkyl halides is 3. The third kappa shape index (κ3) is 4.22. The summed E-state index contributed by atoms with van der Waals surface area (Å²) in [6.45, 7) is 4.80. The summed E-state index contributed by atoms with van der Waals surface area (Å²) in [4.78, 5) is 27.0. The van der Waals surface area contributed by atoms with Gasteiger partial charge in [-0.05, 0) is 44.4 Å². The number of likely N-dealkylation sites (tertiary alicyclic amines) is 2. The van der Waals surface area contributed by atoms with Gasteiger partial charge in [0.25, 0.3) is 0 Å². The molecule has 2 amide bonds. The molecule has 3 atom stereocenters. The third-order valence-corrected chi connectivity index (χ3v) is 5.40. The van der Waals surface area contributed by atoms with Crippen LogP contribution in [0.2, 0.25) is 0 Å². The van der Waals surface area contributed by atoms with Gasteiger partial charge in [-0.25, -0.2) is 0 Å². The van der Waals surface area contributed by atoms with E-state index in [4.69, 9.17) is 0 Å². The maximum Gasteiger partial charge on any atom is 0.471 e. The lowest BCUT2D eigenvalue weighted by Gasteiger charge is -2.45. The van der Waals surface area contributed by atoms with Crippen molar-refractivity contribution >= 4 is 11.8 Å². The fourth-order valence-electron chi connectivity index (χ4n) is 3.87. The number of carbonyl (C=O) groups is 2. The molecular weight excluding hydrogens is 321 g/mol. The molecule has 2 saturated heterocycles. The van der Waals surface area contributed by atoms with Crippen LogP contribution in [0.3, 0.4) is 0 Å². The van der Waals surface area contributed by atoms with E-state index in [9.17, 15) is 22.8 Å². The highest BCUT2D eigenvalue weighted by Gasteiger charge is 2.45. The normalized spacial score (nSPS) is 27.0. The highest BCUT2D eigenvalue weighted by atomic mass is 19.4. The molecule has 0 saturated carbocycles. The standard InChI is InChI=1S/C17H27F3N2O2/c1-3-12(2)15(23)22-10-5-4-8-14(22)13-7-6-9-21(11-13)16(24)17(18,19)20/h12-14H,3-11H2,1-2H3. The van der Waals surface area contributed by atoms with Crippen LogP contribution in [0.5, 0.6) is 0 Å². The van der Waals surface area contributed by atoms with Crippen molar-refractivity contribution in [2.45, 2.75) is 64.6 Å². The monoisotopic (exact) mass is 348 g/mol. The van der Waals surface area contributed by atoms with Crippen molar-refractivity contribution in [3.63, 3.8) is 0 Å². The van der Waals surface area contributed by atoms with Gasteiger partial charge in [0.05, 0.1) is 0 Å². The van der Waals surface area contributed by atoms with Crippen LogP contribution in [0.4, 0.5) is 13.2 Å². The number of piperidine rings is 2. The van der Waals surface area contributed by atoms with Gasteiger partial charge in [-0.15, -0.1) is 0 Å². The predicted octanol–water partition coefficient (Wildman–Crippen LogP) is 3.21. The first-order chi connectivity index (χ1) is 11.3. The second-order valence-corrected chi connectivity index (χ2v) is 7.06. The minimum absolute atomic E-state index is 0.0379. The number of halogens is 3. The van der Waals surface area contributed by atoms with E-state index >= 15 is 0 Å². The number of rotatable bonds is 3. The second-order valence-electron chi connectivity index (χ2n) is 7.06. The van der Waals surface area contributed by atoms with E-state index in [1.807, 2.05) is 18.7 Å². The Balaban J connectivity index is 2.09. The largest absolute Gasteiger partial charge is 0.471 e. The first-order valence-electron chi connectivity index (χ1n) is 8.92. The van der Waals surface area contributed by atoms with E-state index in [-0.39, 0.29) is 36.9 Å². The summed E-state index contributed by atoms with van der Waals surface area (Å²) in [6.07, 6.45) is 0.0210. The quantitative estimate of drug-likeness (QED) is 0.786. The van der Waals surface area contributed by atoms with Crippen LogP contribution in [0.1, 0.15) is 52.4 Å². The Morgan fingerprint density at radius 3 is 2.46 bits per heavy atom. The van der Waals surface area contributed by atoms with Gasteiger partial charge in [-0.1, -0.05) is 13.8 Å². The summed E-state index contributed by atoms with van der Waals surface area (Å²) in [7, 11) is 0. The molecule has 0 aliphatic carbocycles. The fourth-order valence-corrected chi connectivity index (χ4v) is 3.87. The molecule has 3 unspecified atom stereocenters. The maximum absolute atomic E-state index is 12.7. The molecule has 0 N–H and O–H groups in total. The number of nitrogens with zero attached hydrogens (tertiary/aromatic N) is 2. The van der Waals surface area contributed by atoms with Gasteiger partial charge in [0.2, 0.25) is 5.91 Å². The summed E-state index contributed by atoms with van der Waals surface area (Å²) in [5.41, 5.74) is 0. The molecule has 0 aromatic heterocycles. The van der Waals surface area contributed by atoms with Crippen molar-refractivity contribution in [3.05, 3.63) is 0 Å². The van der Waals surface area contributed by atoms with Gasteiger partial charge in [0.1, 0.15) is 0 Å². The molecule has 0 aromatic carbocycles. The Morgan fingerprint density at radius 1 is 1.12 bits per heavy atom. The topological polar surface area (TPSA) is 40.6 Å². The van der Waals surface area contributed by atoms with E-state index in [1.54, 1.807) is 0 Å². The summed E-state index contributed by atoms with van der Waals surface area (Å²) in [5, 5.41) is 0. The maximum atomic E-state index is 12.7. The summed E-state index contributed by atoms with van der Waals surface area (Å²) in [5.74, 6) is -1.77. The van der Waals surface area contributed by atoms with Gasteiger partial charge in [0, 0.05) is 31.6 Å². The van der Waals surface area contributed by atoms with Crippen LogP contribution in [-0.2, 0) is 9.59 Å². The minimum Gasteiger partial charge on any atom is -0.339 e. The molecule has 24 heavy (non-hydrogen) atoms. The molecule has 7 heteroatoms. The zero-order chi connectivity index (χ0) is 17.9. The Bertz CT molecular complexity index is 467. The van der Waals surface area contributed by atoms with Gasteiger partial charge in [-0.3, -0.25) is 9.59 Å². The molecule has 2 rings (SSSR count). The van der Waals surface area contributed by atoms with Gasteiger partial charge in [0.15, 0.2) is 0 Å². The Labute approximate surface area is 141 Å². The van der Waals surface area contributed by atoms with Crippen LogP contribution in [0.15, 0.2) is 0 Å².